The number of amides is 1. The van der Waals surface area contributed by atoms with Crippen molar-refractivity contribution in [1.82, 2.24) is 15.0 Å². The minimum atomic E-state index is -0.467. The first kappa shape index (κ1) is 17.8. The number of aromatic nitrogens is 3. The van der Waals surface area contributed by atoms with Crippen LogP contribution in [0.25, 0.3) is 50.1 Å². The molecule has 2 aromatic carbocycles. The summed E-state index contributed by atoms with van der Waals surface area (Å²) in [4.78, 5) is 23.2. The standard InChI is InChI=1S/C25H18N4O/c26-24(30)8-7-16-3-1-4-17(11-16)19-12-22-23(15-29-25(22)28-14-19)21-6-2-5-18-13-27-10-9-20(18)21/h1-15H,(H2,26,30)(H,28,29). The Morgan fingerprint density at radius 1 is 0.933 bits per heavy atom. The molecule has 3 aromatic heterocycles. The molecule has 0 saturated heterocycles. The highest BCUT2D eigenvalue weighted by molar-refractivity contribution is 6.04. The summed E-state index contributed by atoms with van der Waals surface area (Å²) in [5.41, 5.74) is 11.2. The van der Waals surface area contributed by atoms with Crippen molar-refractivity contribution >= 4 is 33.8 Å². The van der Waals surface area contributed by atoms with E-state index >= 15 is 0 Å². The van der Waals surface area contributed by atoms with Crippen LogP contribution in [0.2, 0.25) is 0 Å². The average Bonchev–Trinajstić information content (AvgIpc) is 3.20. The van der Waals surface area contributed by atoms with Gasteiger partial charge in [-0.3, -0.25) is 9.78 Å². The second-order valence-electron chi connectivity index (χ2n) is 7.09. The number of fused-ring (bicyclic) bond motifs is 2. The number of rotatable bonds is 4. The van der Waals surface area contributed by atoms with Crippen molar-refractivity contribution in [3.8, 4) is 22.3 Å². The maximum atomic E-state index is 11.0. The lowest BCUT2D eigenvalue weighted by molar-refractivity contribution is -0.113. The van der Waals surface area contributed by atoms with Crippen LogP contribution in [-0.4, -0.2) is 20.9 Å². The van der Waals surface area contributed by atoms with Gasteiger partial charge in [0.25, 0.3) is 0 Å². The Kier molecular flexibility index (Phi) is 4.33. The molecule has 0 unspecified atom stereocenters. The molecule has 3 N–H and O–H groups in total. The van der Waals surface area contributed by atoms with Gasteiger partial charge in [0.2, 0.25) is 5.91 Å². The van der Waals surface area contributed by atoms with Gasteiger partial charge in [-0.05, 0) is 46.4 Å². The molecule has 0 atom stereocenters. The van der Waals surface area contributed by atoms with Crippen LogP contribution in [0.5, 0.6) is 0 Å². The summed E-state index contributed by atoms with van der Waals surface area (Å²) in [5.74, 6) is -0.467. The number of carbonyl (C=O) groups is 1. The number of nitrogens with two attached hydrogens (primary N) is 1. The number of benzene rings is 2. The summed E-state index contributed by atoms with van der Waals surface area (Å²) in [6, 6.07) is 18.3. The molecule has 5 heteroatoms. The summed E-state index contributed by atoms with van der Waals surface area (Å²) in [6.07, 6.45) is 10.6. The third kappa shape index (κ3) is 3.22. The van der Waals surface area contributed by atoms with E-state index in [1.807, 2.05) is 61.2 Å². The summed E-state index contributed by atoms with van der Waals surface area (Å²) in [7, 11) is 0. The number of nitrogens with zero attached hydrogens (tertiary/aromatic N) is 2. The van der Waals surface area contributed by atoms with E-state index in [2.05, 4.69) is 33.2 Å². The molecule has 3 heterocycles. The first-order chi connectivity index (χ1) is 14.7. The Morgan fingerprint density at radius 2 is 1.83 bits per heavy atom. The van der Waals surface area contributed by atoms with E-state index in [9.17, 15) is 4.79 Å². The van der Waals surface area contributed by atoms with Crippen molar-refractivity contribution in [3.05, 3.63) is 91.0 Å². The minimum absolute atomic E-state index is 0.467. The molecular formula is C25H18N4O. The fraction of sp³-hybridized carbons (Fsp3) is 0. The molecule has 0 fully saturated rings. The van der Waals surface area contributed by atoms with Crippen molar-refractivity contribution < 1.29 is 4.79 Å². The molecule has 144 valence electrons. The molecule has 0 aliphatic rings. The molecule has 0 aliphatic carbocycles. The summed E-state index contributed by atoms with van der Waals surface area (Å²) >= 11 is 0. The van der Waals surface area contributed by atoms with Crippen molar-refractivity contribution in [2.45, 2.75) is 0 Å². The predicted molar refractivity (Wildman–Crippen MR) is 120 cm³/mol. The van der Waals surface area contributed by atoms with Gasteiger partial charge in [-0.1, -0.05) is 36.4 Å². The lowest BCUT2D eigenvalue weighted by atomic mass is 9.98. The van der Waals surface area contributed by atoms with Gasteiger partial charge in [0.05, 0.1) is 0 Å². The molecule has 0 saturated carbocycles. The van der Waals surface area contributed by atoms with Crippen molar-refractivity contribution in [1.29, 1.82) is 0 Å². The van der Waals surface area contributed by atoms with E-state index in [4.69, 9.17) is 5.73 Å². The summed E-state index contributed by atoms with van der Waals surface area (Å²) in [5, 5.41) is 3.30. The number of pyridine rings is 2. The molecular weight excluding hydrogens is 372 g/mol. The van der Waals surface area contributed by atoms with E-state index in [1.54, 1.807) is 6.08 Å². The fourth-order valence-electron chi connectivity index (χ4n) is 3.74. The first-order valence-electron chi connectivity index (χ1n) is 9.57. The van der Waals surface area contributed by atoms with E-state index in [1.165, 1.54) is 6.08 Å². The average molecular weight is 390 g/mol. The second kappa shape index (κ2) is 7.29. The van der Waals surface area contributed by atoms with Crippen LogP contribution >= 0.6 is 0 Å². The minimum Gasteiger partial charge on any atom is -0.366 e. The molecule has 0 aliphatic heterocycles. The Bertz CT molecular complexity index is 1430. The third-order valence-electron chi connectivity index (χ3n) is 5.16. The largest absolute Gasteiger partial charge is 0.366 e. The van der Waals surface area contributed by atoms with E-state index in [0.717, 1.165) is 49.6 Å². The highest BCUT2D eigenvalue weighted by atomic mass is 16.1. The normalized spacial score (nSPS) is 11.5. The van der Waals surface area contributed by atoms with E-state index in [-0.39, 0.29) is 0 Å². The Hall–Kier alpha value is -4.25. The molecule has 5 rings (SSSR count). The van der Waals surface area contributed by atoms with E-state index in [0.29, 0.717) is 0 Å². The topological polar surface area (TPSA) is 84.7 Å². The smallest absolute Gasteiger partial charge is 0.241 e. The third-order valence-corrected chi connectivity index (χ3v) is 5.16. The highest BCUT2D eigenvalue weighted by Crippen LogP contribution is 2.35. The van der Waals surface area contributed by atoms with Crippen LogP contribution in [0.15, 0.2) is 85.5 Å². The molecule has 1 amide bonds. The number of hydrogen-bond donors (Lipinski definition) is 2. The van der Waals surface area contributed by atoms with Crippen molar-refractivity contribution in [2.24, 2.45) is 5.73 Å². The van der Waals surface area contributed by atoms with Crippen LogP contribution < -0.4 is 5.73 Å². The number of H-pyrrole nitrogens is 1. The van der Waals surface area contributed by atoms with Gasteiger partial charge in [-0.15, -0.1) is 0 Å². The maximum Gasteiger partial charge on any atom is 0.241 e. The van der Waals surface area contributed by atoms with Gasteiger partial charge in [-0.25, -0.2) is 4.98 Å². The lowest BCUT2D eigenvalue weighted by Gasteiger charge is -2.07. The SMILES string of the molecule is NC(=O)C=Cc1cccc(-c2cnc3[nH]cc(-c4cccc5cnccc45)c3c2)c1. The first-order valence-corrected chi connectivity index (χ1v) is 9.57. The quantitative estimate of drug-likeness (QED) is 0.426. The maximum absolute atomic E-state index is 11.0. The van der Waals surface area contributed by atoms with Gasteiger partial charge in [0, 0.05) is 52.8 Å². The van der Waals surface area contributed by atoms with Crippen LogP contribution in [0, 0.1) is 0 Å². The zero-order valence-electron chi connectivity index (χ0n) is 16.0. The zero-order chi connectivity index (χ0) is 20.5. The highest BCUT2D eigenvalue weighted by Gasteiger charge is 2.11. The van der Waals surface area contributed by atoms with Gasteiger partial charge >= 0.3 is 0 Å². The molecule has 5 nitrogen and oxygen atoms in total. The number of carbonyl (C=O) groups excluding carboxylic acids is 1. The summed E-state index contributed by atoms with van der Waals surface area (Å²) in [6.45, 7) is 0. The molecule has 0 bridgehead atoms. The Morgan fingerprint density at radius 3 is 2.73 bits per heavy atom. The van der Waals surface area contributed by atoms with Crippen LogP contribution in [0.1, 0.15) is 5.56 Å². The lowest BCUT2D eigenvalue weighted by Crippen LogP contribution is -2.05. The van der Waals surface area contributed by atoms with Gasteiger partial charge in [-0.2, -0.15) is 0 Å². The fourth-order valence-corrected chi connectivity index (χ4v) is 3.74. The second-order valence-corrected chi connectivity index (χ2v) is 7.09. The van der Waals surface area contributed by atoms with Crippen molar-refractivity contribution in [2.75, 3.05) is 0 Å². The van der Waals surface area contributed by atoms with Gasteiger partial charge < -0.3 is 10.7 Å². The van der Waals surface area contributed by atoms with E-state index < -0.39 is 5.91 Å². The Balaban J connectivity index is 1.64. The summed E-state index contributed by atoms with van der Waals surface area (Å²) < 4.78 is 0. The van der Waals surface area contributed by atoms with Gasteiger partial charge in [0.15, 0.2) is 0 Å². The predicted octanol–water partition coefficient (Wildman–Crippen LogP) is 4.94. The van der Waals surface area contributed by atoms with Crippen LogP contribution in [0.3, 0.4) is 0 Å². The number of nitrogens with one attached hydrogen (secondary N) is 1. The molecule has 0 spiro atoms. The Labute approximate surface area is 172 Å². The number of aromatic amines is 1. The number of primary amides is 1. The van der Waals surface area contributed by atoms with Gasteiger partial charge in [0.1, 0.15) is 5.65 Å². The molecule has 0 radical (unpaired) electrons. The van der Waals surface area contributed by atoms with Crippen molar-refractivity contribution in [3.63, 3.8) is 0 Å². The van der Waals surface area contributed by atoms with Crippen LogP contribution in [0.4, 0.5) is 0 Å². The molecule has 30 heavy (non-hydrogen) atoms. The zero-order valence-corrected chi connectivity index (χ0v) is 16.0. The monoisotopic (exact) mass is 390 g/mol. The van der Waals surface area contributed by atoms with Crippen LogP contribution in [-0.2, 0) is 4.79 Å². The number of hydrogen-bond acceptors (Lipinski definition) is 3. The molecule has 5 aromatic rings.